The van der Waals surface area contributed by atoms with Gasteiger partial charge in [-0.2, -0.15) is 4.98 Å². The highest BCUT2D eigenvalue weighted by Crippen LogP contribution is 2.40. The number of anilines is 2. The Bertz CT molecular complexity index is 518. The topological polar surface area (TPSA) is 78.2 Å². The molecule has 0 aliphatic carbocycles. The Morgan fingerprint density at radius 2 is 2.00 bits per heavy atom. The van der Waals surface area contributed by atoms with E-state index in [9.17, 15) is 4.79 Å². The van der Waals surface area contributed by atoms with E-state index in [0.717, 1.165) is 13.1 Å². The van der Waals surface area contributed by atoms with Crippen molar-refractivity contribution in [2.75, 3.05) is 43.9 Å². The highest BCUT2D eigenvalue weighted by atomic mass is 16.1. The fourth-order valence-electron chi connectivity index (χ4n) is 3.40. The van der Waals surface area contributed by atoms with Crippen molar-refractivity contribution in [2.24, 2.45) is 5.41 Å². The molecule has 6 heteroatoms. The molecule has 1 aromatic rings. The Hall–Kier alpha value is -1.56. The smallest absolute Gasteiger partial charge is 0.254 e. The Kier molecular flexibility index (Phi) is 2.97. The van der Waals surface area contributed by atoms with Crippen molar-refractivity contribution in [3.63, 3.8) is 0 Å². The lowest BCUT2D eigenvalue weighted by Gasteiger charge is -2.39. The number of hydrogen-bond acceptors (Lipinski definition) is 5. The number of likely N-dealkylation sites (tertiary alicyclic amines) is 1. The van der Waals surface area contributed by atoms with Gasteiger partial charge in [0.2, 0.25) is 5.95 Å². The first-order valence-electron chi connectivity index (χ1n) is 6.87. The highest BCUT2D eigenvalue weighted by molar-refractivity contribution is 5.41. The van der Waals surface area contributed by atoms with Crippen molar-refractivity contribution < 1.29 is 0 Å². The van der Waals surface area contributed by atoms with Gasteiger partial charge in [-0.15, -0.1) is 0 Å². The van der Waals surface area contributed by atoms with Gasteiger partial charge in [0.05, 0.1) is 0 Å². The van der Waals surface area contributed by atoms with Crippen LogP contribution in [0.2, 0.25) is 0 Å². The Balaban J connectivity index is 1.71. The van der Waals surface area contributed by atoms with Crippen LogP contribution in [-0.2, 0) is 0 Å². The maximum Gasteiger partial charge on any atom is 0.254 e. The number of nitrogens with zero attached hydrogens (tertiary/aromatic N) is 3. The van der Waals surface area contributed by atoms with E-state index in [2.05, 4.69) is 26.8 Å². The molecule has 2 saturated heterocycles. The number of aromatic amines is 1. The zero-order chi connectivity index (χ0) is 13.5. The summed E-state index contributed by atoms with van der Waals surface area (Å²) in [4.78, 5) is 22.7. The number of nitrogen functional groups attached to an aromatic ring is 1. The zero-order valence-corrected chi connectivity index (χ0v) is 11.4. The average molecular weight is 263 g/mol. The predicted octanol–water partition coefficient (Wildman–Crippen LogP) is 0.274. The van der Waals surface area contributed by atoms with Gasteiger partial charge in [-0.3, -0.25) is 9.78 Å². The first kappa shape index (κ1) is 12.5. The SMILES string of the molecule is CN1CCC2(CCN(c3cc(=O)[nH]c(N)n3)CC2)C1. The summed E-state index contributed by atoms with van der Waals surface area (Å²) in [5.74, 6) is 0.908. The van der Waals surface area contributed by atoms with Gasteiger partial charge < -0.3 is 15.5 Å². The molecule has 19 heavy (non-hydrogen) atoms. The lowest BCUT2D eigenvalue weighted by atomic mass is 9.78. The molecule has 3 rings (SSSR count). The molecule has 0 amide bonds. The minimum Gasteiger partial charge on any atom is -0.369 e. The Morgan fingerprint density at radius 3 is 2.58 bits per heavy atom. The standard InChI is InChI=1S/C13H21N5O/c1-17-5-2-13(9-17)3-6-18(7-4-13)10-8-11(19)16-12(14)15-10/h8H,2-7,9H2,1H3,(H3,14,15,16,19). The van der Waals surface area contributed by atoms with Crippen molar-refractivity contribution in [1.29, 1.82) is 0 Å². The van der Waals surface area contributed by atoms with Crippen molar-refractivity contribution >= 4 is 11.8 Å². The summed E-state index contributed by atoms with van der Waals surface area (Å²) in [5, 5.41) is 0. The van der Waals surface area contributed by atoms with Gasteiger partial charge in [0.1, 0.15) is 5.82 Å². The third kappa shape index (κ3) is 2.45. The summed E-state index contributed by atoms with van der Waals surface area (Å²) >= 11 is 0. The number of nitrogens with one attached hydrogen (secondary N) is 1. The summed E-state index contributed by atoms with van der Waals surface area (Å²) in [5.41, 5.74) is 5.91. The van der Waals surface area contributed by atoms with Crippen molar-refractivity contribution in [3.8, 4) is 0 Å². The minimum atomic E-state index is -0.177. The number of piperidine rings is 1. The third-order valence-electron chi connectivity index (χ3n) is 4.52. The van der Waals surface area contributed by atoms with Gasteiger partial charge >= 0.3 is 0 Å². The molecule has 6 nitrogen and oxygen atoms in total. The van der Waals surface area contributed by atoms with Crippen LogP contribution in [-0.4, -0.2) is 48.1 Å². The summed E-state index contributed by atoms with van der Waals surface area (Å²) in [6.45, 7) is 4.33. The molecular weight excluding hydrogens is 242 g/mol. The molecule has 1 spiro atoms. The molecule has 0 bridgehead atoms. The summed E-state index contributed by atoms with van der Waals surface area (Å²) < 4.78 is 0. The molecule has 2 fully saturated rings. The van der Waals surface area contributed by atoms with Crippen molar-refractivity contribution in [3.05, 3.63) is 16.4 Å². The molecule has 1 aromatic heterocycles. The predicted molar refractivity (Wildman–Crippen MR) is 75.3 cm³/mol. The van der Waals surface area contributed by atoms with Crippen LogP contribution in [0.15, 0.2) is 10.9 Å². The van der Waals surface area contributed by atoms with E-state index in [1.165, 1.54) is 38.4 Å². The van der Waals surface area contributed by atoms with E-state index >= 15 is 0 Å². The summed E-state index contributed by atoms with van der Waals surface area (Å²) in [6, 6.07) is 1.54. The van der Waals surface area contributed by atoms with Gasteiger partial charge in [-0.1, -0.05) is 0 Å². The molecule has 0 aromatic carbocycles. The van der Waals surface area contributed by atoms with Crippen molar-refractivity contribution in [1.82, 2.24) is 14.9 Å². The number of hydrogen-bond donors (Lipinski definition) is 2. The fraction of sp³-hybridized carbons (Fsp3) is 0.692. The number of rotatable bonds is 1. The lowest BCUT2D eigenvalue weighted by molar-refractivity contribution is 0.221. The zero-order valence-electron chi connectivity index (χ0n) is 11.4. The second-order valence-corrected chi connectivity index (χ2v) is 5.96. The van der Waals surface area contributed by atoms with E-state index < -0.39 is 0 Å². The molecule has 2 aliphatic heterocycles. The van der Waals surface area contributed by atoms with E-state index in [-0.39, 0.29) is 11.5 Å². The second-order valence-electron chi connectivity index (χ2n) is 5.96. The normalized spacial score (nSPS) is 23.1. The van der Waals surface area contributed by atoms with Gasteiger partial charge in [0, 0.05) is 25.7 Å². The van der Waals surface area contributed by atoms with Crippen LogP contribution in [0, 0.1) is 5.41 Å². The van der Waals surface area contributed by atoms with E-state index in [1.54, 1.807) is 0 Å². The second kappa shape index (κ2) is 4.52. The molecule has 0 saturated carbocycles. The molecule has 104 valence electrons. The highest BCUT2D eigenvalue weighted by Gasteiger charge is 2.39. The summed E-state index contributed by atoms with van der Waals surface area (Å²) in [6.07, 6.45) is 3.64. The van der Waals surface area contributed by atoms with Gasteiger partial charge in [-0.05, 0) is 38.3 Å². The molecule has 3 N–H and O–H groups in total. The quantitative estimate of drug-likeness (QED) is 0.760. The average Bonchev–Trinajstić information content (AvgIpc) is 2.70. The van der Waals surface area contributed by atoms with E-state index in [0.29, 0.717) is 11.2 Å². The number of H-pyrrole nitrogens is 1. The molecule has 0 unspecified atom stereocenters. The minimum absolute atomic E-state index is 0.177. The van der Waals surface area contributed by atoms with Crippen LogP contribution >= 0.6 is 0 Å². The van der Waals surface area contributed by atoms with E-state index in [4.69, 9.17) is 5.73 Å². The van der Waals surface area contributed by atoms with Crippen LogP contribution in [0.4, 0.5) is 11.8 Å². The fourth-order valence-corrected chi connectivity index (χ4v) is 3.40. The molecule has 2 aliphatic rings. The molecule has 0 radical (unpaired) electrons. The number of aromatic nitrogens is 2. The molecule has 3 heterocycles. The van der Waals surface area contributed by atoms with Gasteiger partial charge in [-0.25, -0.2) is 0 Å². The third-order valence-corrected chi connectivity index (χ3v) is 4.52. The maximum absolute atomic E-state index is 11.4. The van der Waals surface area contributed by atoms with Crippen LogP contribution < -0.4 is 16.2 Å². The first-order valence-corrected chi connectivity index (χ1v) is 6.87. The van der Waals surface area contributed by atoms with E-state index in [1.807, 2.05) is 0 Å². The Labute approximate surface area is 112 Å². The number of nitrogens with two attached hydrogens (primary N) is 1. The van der Waals surface area contributed by atoms with Crippen LogP contribution in [0.3, 0.4) is 0 Å². The van der Waals surface area contributed by atoms with Gasteiger partial charge in [0.15, 0.2) is 0 Å². The molecule has 0 atom stereocenters. The molecular formula is C13H21N5O. The summed E-state index contributed by atoms with van der Waals surface area (Å²) in [7, 11) is 2.19. The maximum atomic E-state index is 11.4. The lowest BCUT2D eigenvalue weighted by Crippen LogP contribution is -2.42. The van der Waals surface area contributed by atoms with Gasteiger partial charge in [0.25, 0.3) is 5.56 Å². The van der Waals surface area contributed by atoms with Crippen molar-refractivity contribution in [2.45, 2.75) is 19.3 Å². The van der Waals surface area contributed by atoms with Crippen LogP contribution in [0.1, 0.15) is 19.3 Å². The van der Waals surface area contributed by atoms with Crippen LogP contribution in [0.25, 0.3) is 0 Å². The first-order chi connectivity index (χ1) is 9.06. The largest absolute Gasteiger partial charge is 0.369 e. The monoisotopic (exact) mass is 263 g/mol. The Morgan fingerprint density at radius 1 is 1.32 bits per heavy atom. The van der Waals surface area contributed by atoms with Crippen LogP contribution in [0.5, 0.6) is 0 Å².